The summed E-state index contributed by atoms with van der Waals surface area (Å²) in [4.78, 5) is 16.0. The van der Waals surface area contributed by atoms with E-state index in [4.69, 9.17) is 28.4 Å². The van der Waals surface area contributed by atoms with Crippen LogP contribution < -0.4 is 0 Å². The van der Waals surface area contributed by atoms with E-state index >= 15 is 0 Å². The molecule has 0 amide bonds. The molecule has 6 N–H and O–H groups in total. The molecule has 0 saturated carbocycles. The molecule has 3 fully saturated rings. The Labute approximate surface area is 309 Å². The first-order valence-corrected chi connectivity index (χ1v) is 18.7. The Morgan fingerprint density at radius 3 is 2.08 bits per heavy atom. The molecule has 0 aliphatic carbocycles. The van der Waals surface area contributed by atoms with Gasteiger partial charge in [0.25, 0.3) is 0 Å². The van der Waals surface area contributed by atoms with Crippen LogP contribution in [0.5, 0.6) is 0 Å². The summed E-state index contributed by atoms with van der Waals surface area (Å²) in [6, 6.07) is -0.322. The number of likely N-dealkylation sites (N-methyl/N-ethyl adjacent to an activating group) is 1. The Kier molecular flexibility index (Phi) is 15.1. The van der Waals surface area contributed by atoms with E-state index < -0.39 is 102 Å². The lowest BCUT2D eigenvalue weighted by molar-refractivity contribution is -0.317. The monoisotopic (exact) mass is 748 g/mol. The van der Waals surface area contributed by atoms with Crippen molar-refractivity contribution in [3.63, 3.8) is 0 Å². The fraction of sp³-hybridized carbons (Fsp3) is 0.946. The minimum Gasteiger partial charge on any atom is -0.459 e. The van der Waals surface area contributed by atoms with E-state index in [0.29, 0.717) is 6.42 Å². The number of oxime groups is 1. The van der Waals surface area contributed by atoms with Gasteiger partial charge >= 0.3 is 5.97 Å². The minimum atomic E-state index is -1.97. The zero-order valence-electron chi connectivity index (χ0n) is 33.4. The molecule has 304 valence electrons. The van der Waals surface area contributed by atoms with Gasteiger partial charge in [0.2, 0.25) is 0 Å². The number of rotatable bonds is 7. The molecule has 3 saturated heterocycles. The Bertz CT molecular complexity index is 1200. The Balaban J connectivity index is 2.21. The predicted octanol–water partition coefficient (Wildman–Crippen LogP) is 2.05. The molecule has 0 aromatic heterocycles. The van der Waals surface area contributed by atoms with Crippen LogP contribution in [0.3, 0.4) is 0 Å². The van der Waals surface area contributed by atoms with Crippen LogP contribution in [-0.4, -0.2) is 153 Å². The van der Waals surface area contributed by atoms with Crippen molar-refractivity contribution in [3.8, 4) is 0 Å². The Morgan fingerprint density at radius 1 is 0.923 bits per heavy atom. The topological polar surface area (TPSA) is 209 Å². The fourth-order valence-corrected chi connectivity index (χ4v) is 8.61. The highest BCUT2D eigenvalue weighted by atomic mass is 16.7. The van der Waals surface area contributed by atoms with Gasteiger partial charge in [-0.3, -0.25) is 4.79 Å². The molecule has 0 radical (unpaired) electrons. The van der Waals surface area contributed by atoms with Crippen molar-refractivity contribution in [2.45, 2.75) is 179 Å². The molecule has 3 aliphatic heterocycles. The van der Waals surface area contributed by atoms with Gasteiger partial charge in [-0.2, -0.15) is 0 Å². The normalized spacial score (nSPS) is 49.8. The molecule has 3 aliphatic rings. The summed E-state index contributed by atoms with van der Waals surface area (Å²) in [7, 11) is 5.19. The number of ether oxygens (including phenoxy) is 6. The van der Waals surface area contributed by atoms with Crippen LogP contribution in [0.25, 0.3) is 0 Å². The number of nitrogens with zero attached hydrogens (tertiary/aromatic N) is 2. The Morgan fingerprint density at radius 2 is 1.54 bits per heavy atom. The molecule has 0 spiro atoms. The predicted molar refractivity (Wildman–Crippen MR) is 190 cm³/mol. The third-order valence-electron chi connectivity index (χ3n) is 12.0. The van der Waals surface area contributed by atoms with Crippen LogP contribution in [0.1, 0.15) is 94.9 Å². The van der Waals surface area contributed by atoms with Gasteiger partial charge in [-0.05, 0) is 74.9 Å². The van der Waals surface area contributed by atoms with Crippen molar-refractivity contribution in [3.05, 3.63) is 0 Å². The third kappa shape index (κ3) is 9.47. The van der Waals surface area contributed by atoms with E-state index in [1.165, 1.54) is 14.0 Å². The summed E-state index contributed by atoms with van der Waals surface area (Å²) < 4.78 is 37.2. The Hall–Kier alpha value is -1.50. The first-order chi connectivity index (χ1) is 24.0. The number of esters is 1. The highest BCUT2D eigenvalue weighted by Gasteiger charge is 2.53. The lowest BCUT2D eigenvalue weighted by Crippen LogP contribution is -2.61. The van der Waals surface area contributed by atoms with Crippen molar-refractivity contribution in [1.82, 2.24) is 4.90 Å². The van der Waals surface area contributed by atoms with Gasteiger partial charge in [0.05, 0.1) is 53.4 Å². The lowest BCUT2D eigenvalue weighted by atomic mass is 9.73. The number of carbonyl (C=O) groups is 1. The average Bonchev–Trinajstić information content (AvgIpc) is 3.06. The molecule has 3 rings (SSSR count). The minimum absolute atomic E-state index is 0.0657. The zero-order valence-corrected chi connectivity index (χ0v) is 33.4. The number of carbonyl (C=O) groups excluding carboxylic acids is 1. The van der Waals surface area contributed by atoms with Crippen molar-refractivity contribution in [2.75, 3.05) is 21.2 Å². The summed E-state index contributed by atoms with van der Waals surface area (Å²) >= 11 is 0. The molecular weight excluding hydrogens is 680 g/mol. The van der Waals surface area contributed by atoms with E-state index in [1.54, 1.807) is 55.4 Å². The van der Waals surface area contributed by atoms with Crippen LogP contribution in [0.2, 0.25) is 0 Å². The summed E-state index contributed by atoms with van der Waals surface area (Å²) in [5.74, 6) is -4.24. The number of hydrogen-bond acceptors (Lipinski definition) is 15. The van der Waals surface area contributed by atoms with Gasteiger partial charge in [-0.15, -0.1) is 0 Å². The molecular formula is C37H68N2O13. The number of cyclic esters (lactones) is 1. The van der Waals surface area contributed by atoms with Crippen molar-refractivity contribution in [2.24, 2.45) is 28.8 Å². The van der Waals surface area contributed by atoms with E-state index in [9.17, 15) is 35.5 Å². The van der Waals surface area contributed by atoms with Gasteiger partial charge in [-0.25, -0.2) is 0 Å². The van der Waals surface area contributed by atoms with E-state index in [0.717, 1.165) is 0 Å². The summed E-state index contributed by atoms with van der Waals surface area (Å²) in [5.41, 5.74) is -4.68. The maximum absolute atomic E-state index is 14.1. The second-order valence-electron chi connectivity index (χ2n) is 16.6. The lowest BCUT2D eigenvalue weighted by Gasteiger charge is -2.49. The fourth-order valence-electron chi connectivity index (χ4n) is 8.61. The zero-order chi connectivity index (χ0) is 39.7. The number of methoxy groups -OCH3 is 1. The SMILES string of the molecule is CC[C@H]1OC(=O)[C@H](C)[C@@H](OC2C[C@@](C)(OC)[C@@H](O)[C@H](C)O2)[C@H](C)[C@@H](OC2O[C@H](C)C[C@H](N(C)C)[C@H]2O)[C@](C)(O)C[C@@H](C)/C(=N\O)[C@H](C)[C@@H](O)[C@]1(C)O. The third-order valence-corrected chi connectivity index (χ3v) is 12.0. The van der Waals surface area contributed by atoms with Crippen molar-refractivity contribution in [1.29, 1.82) is 0 Å². The van der Waals surface area contributed by atoms with E-state index in [2.05, 4.69) is 5.16 Å². The average molecular weight is 749 g/mol. The molecule has 0 bridgehead atoms. The molecule has 52 heavy (non-hydrogen) atoms. The molecule has 3 heterocycles. The van der Waals surface area contributed by atoms with Crippen LogP contribution in [0.4, 0.5) is 0 Å². The molecule has 15 heteroatoms. The summed E-state index contributed by atoms with van der Waals surface area (Å²) in [5, 5.41) is 71.8. The number of aliphatic hydroxyl groups excluding tert-OH is 3. The second kappa shape index (κ2) is 17.5. The highest BCUT2D eigenvalue weighted by molar-refractivity contribution is 5.88. The standard InChI is InChI=1S/C37H68N2O13/c1-14-25-37(10,45)30(41)20(4)27(38-46)18(2)16-35(8,44)32(52-34-28(40)24(39(11)12)15-19(3)48-34)21(5)29(22(6)33(43)50-25)51-26-17-36(9,47-13)31(42)23(7)49-26/h18-26,28-32,34,40-42,44-46H,14-17H2,1-13H3/b38-27+/t18-,19-,20+,21+,22-,23+,24+,25-,26?,28-,29+,30-,31+,32-,34?,35-,36-,37-/m1/s1. The molecule has 0 aromatic rings. The van der Waals surface area contributed by atoms with Gasteiger partial charge in [0.1, 0.15) is 23.9 Å². The molecule has 0 aromatic carbocycles. The molecule has 18 atom stereocenters. The van der Waals surface area contributed by atoms with Gasteiger partial charge in [-0.1, -0.05) is 32.9 Å². The van der Waals surface area contributed by atoms with Crippen LogP contribution in [0, 0.1) is 23.7 Å². The first kappa shape index (κ1) is 44.9. The molecule has 2 unspecified atom stereocenters. The van der Waals surface area contributed by atoms with Crippen LogP contribution in [0.15, 0.2) is 5.16 Å². The highest BCUT2D eigenvalue weighted by Crippen LogP contribution is 2.41. The number of aliphatic hydroxyl groups is 5. The van der Waals surface area contributed by atoms with Crippen molar-refractivity contribution < 1.29 is 64.0 Å². The maximum atomic E-state index is 14.1. The first-order valence-electron chi connectivity index (χ1n) is 18.7. The maximum Gasteiger partial charge on any atom is 0.311 e. The number of hydrogen-bond donors (Lipinski definition) is 6. The van der Waals surface area contributed by atoms with E-state index in [1.807, 2.05) is 25.9 Å². The largest absolute Gasteiger partial charge is 0.459 e. The van der Waals surface area contributed by atoms with Gasteiger partial charge in [0, 0.05) is 37.3 Å². The van der Waals surface area contributed by atoms with Crippen molar-refractivity contribution >= 4 is 11.7 Å². The molecule has 15 nitrogen and oxygen atoms in total. The van der Waals surface area contributed by atoms with Crippen LogP contribution in [-0.2, 0) is 33.2 Å². The van der Waals surface area contributed by atoms with Gasteiger partial charge < -0.3 is 64.1 Å². The second-order valence-corrected chi connectivity index (χ2v) is 16.6. The van der Waals surface area contributed by atoms with E-state index in [-0.39, 0.29) is 37.1 Å². The summed E-state index contributed by atoms with van der Waals surface area (Å²) in [6.07, 6.45) is -9.51. The van der Waals surface area contributed by atoms with Crippen LogP contribution >= 0.6 is 0 Å². The summed E-state index contributed by atoms with van der Waals surface area (Å²) in [6.45, 7) is 16.6. The van der Waals surface area contributed by atoms with Gasteiger partial charge in [0.15, 0.2) is 12.6 Å². The smallest absolute Gasteiger partial charge is 0.311 e. The quantitative estimate of drug-likeness (QED) is 0.125.